The number of nitrogens with zero attached hydrogens (tertiary/aromatic N) is 2. The van der Waals surface area contributed by atoms with Crippen LogP contribution in [0.3, 0.4) is 0 Å². The number of methoxy groups -OCH3 is 1. The Bertz CT molecular complexity index is 366. The molecule has 1 rings (SSSR count). The Labute approximate surface area is 172 Å². The molecule has 0 radical (unpaired) electrons. The topological polar surface area (TPSA) is 48.9 Å². The van der Waals surface area contributed by atoms with Crippen molar-refractivity contribution in [1.82, 2.24) is 15.5 Å². The molecule has 6 heteroatoms. The summed E-state index contributed by atoms with van der Waals surface area (Å²) in [6.07, 6.45) is 3.81. The summed E-state index contributed by atoms with van der Waals surface area (Å²) in [6, 6.07) is 0. The van der Waals surface area contributed by atoms with Crippen LogP contribution in [0.2, 0.25) is 0 Å². The molecule has 0 aromatic heterocycles. The van der Waals surface area contributed by atoms with Gasteiger partial charge >= 0.3 is 0 Å². The molecule has 1 aliphatic heterocycles. The quantitative estimate of drug-likeness (QED) is 0.236. The third-order valence-corrected chi connectivity index (χ3v) is 4.65. The second-order valence-electron chi connectivity index (χ2n) is 8.00. The van der Waals surface area contributed by atoms with Crippen molar-refractivity contribution in [2.24, 2.45) is 16.8 Å². The molecule has 0 saturated carbocycles. The van der Waals surface area contributed by atoms with E-state index in [0.717, 1.165) is 30.9 Å². The summed E-state index contributed by atoms with van der Waals surface area (Å²) in [4.78, 5) is 7.26. The van der Waals surface area contributed by atoms with E-state index in [0.29, 0.717) is 6.54 Å². The smallest absolute Gasteiger partial charge is 0.191 e. The Balaban J connectivity index is 0.00000576. The summed E-state index contributed by atoms with van der Waals surface area (Å²) in [5, 5.41) is 6.74. The molecular weight excluding hydrogens is 427 g/mol. The fraction of sp³-hybridized carbons (Fsp3) is 0.947. The van der Waals surface area contributed by atoms with Crippen molar-refractivity contribution in [2.45, 2.75) is 59.5 Å². The van der Waals surface area contributed by atoms with Gasteiger partial charge in [0.05, 0.1) is 12.1 Å². The lowest BCUT2D eigenvalue weighted by Gasteiger charge is -2.34. The van der Waals surface area contributed by atoms with Gasteiger partial charge in [-0.15, -0.1) is 24.0 Å². The van der Waals surface area contributed by atoms with Gasteiger partial charge in [0.1, 0.15) is 0 Å². The predicted molar refractivity (Wildman–Crippen MR) is 119 cm³/mol. The van der Waals surface area contributed by atoms with Gasteiger partial charge in [-0.25, -0.2) is 0 Å². The number of nitrogens with one attached hydrogen (secondary N) is 2. The van der Waals surface area contributed by atoms with Crippen molar-refractivity contribution in [3.63, 3.8) is 0 Å². The maximum atomic E-state index is 5.43. The van der Waals surface area contributed by atoms with E-state index in [1.165, 1.54) is 38.9 Å². The molecule has 0 aliphatic carbocycles. The Morgan fingerprint density at radius 3 is 2.36 bits per heavy atom. The van der Waals surface area contributed by atoms with Gasteiger partial charge in [0.2, 0.25) is 0 Å². The molecule has 150 valence electrons. The average molecular weight is 468 g/mol. The number of piperidine rings is 1. The molecule has 25 heavy (non-hydrogen) atoms. The number of hydrogen-bond acceptors (Lipinski definition) is 3. The summed E-state index contributed by atoms with van der Waals surface area (Å²) < 4.78 is 5.43. The summed E-state index contributed by atoms with van der Waals surface area (Å²) in [5.74, 6) is 2.59. The molecule has 0 aromatic rings. The Hall–Kier alpha value is -0.0800. The highest BCUT2D eigenvalue weighted by Crippen LogP contribution is 2.20. The van der Waals surface area contributed by atoms with Crippen molar-refractivity contribution < 1.29 is 4.74 Å². The SMILES string of the molecule is CCNC(=NCC(C)(C)OC)NCCCCN1CC(C)CC(C)C1.I. The lowest BCUT2D eigenvalue weighted by Crippen LogP contribution is -2.40. The van der Waals surface area contributed by atoms with Gasteiger partial charge in [0.15, 0.2) is 5.96 Å². The van der Waals surface area contributed by atoms with E-state index >= 15 is 0 Å². The molecule has 0 aromatic carbocycles. The average Bonchev–Trinajstić information content (AvgIpc) is 2.51. The first-order valence-electron chi connectivity index (χ1n) is 9.66. The lowest BCUT2D eigenvalue weighted by molar-refractivity contribution is 0.0310. The first-order valence-corrected chi connectivity index (χ1v) is 9.66. The second kappa shape index (κ2) is 13.1. The van der Waals surface area contributed by atoms with Gasteiger partial charge in [-0.3, -0.25) is 4.99 Å². The number of rotatable bonds is 9. The number of halogens is 1. The van der Waals surface area contributed by atoms with Crippen molar-refractivity contribution in [2.75, 3.05) is 46.4 Å². The lowest BCUT2D eigenvalue weighted by atomic mass is 9.92. The number of aliphatic imine (C=N–C) groups is 1. The third kappa shape index (κ3) is 11.3. The molecule has 1 saturated heterocycles. The summed E-state index contributed by atoms with van der Waals surface area (Å²) in [5.41, 5.74) is -0.218. The molecule has 5 nitrogen and oxygen atoms in total. The number of guanidine groups is 1. The number of likely N-dealkylation sites (tertiary alicyclic amines) is 1. The molecule has 1 heterocycles. The van der Waals surface area contributed by atoms with Gasteiger partial charge in [-0.05, 0) is 58.4 Å². The zero-order chi connectivity index (χ0) is 18.0. The highest BCUT2D eigenvalue weighted by Gasteiger charge is 2.21. The van der Waals surface area contributed by atoms with Crippen LogP contribution >= 0.6 is 24.0 Å². The highest BCUT2D eigenvalue weighted by molar-refractivity contribution is 14.0. The molecule has 0 spiro atoms. The molecular formula is C19H41IN4O. The largest absolute Gasteiger partial charge is 0.377 e. The summed E-state index contributed by atoms with van der Waals surface area (Å²) >= 11 is 0. The number of ether oxygens (including phenoxy) is 1. The van der Waals surface area contributed by atoms with Gasteiger partial charge in [-0.1, -0.05) is 13.8 Å². The van der Waals surface area contributed by atoms with E-state index in [-0.39, 0.29) is 29.6 Å². The van der Waals surface area contributed by atoms with E-state index < -0.39 is 0 Å². The minimum absolute atomic E-state index is 0. The fourth-order valence-corrected chi connectivity index (χ4v) is 3.32. The Morgan fingerprint density at radius 2 is 1.80 bits per heavy atom. The van der Waals surface area contributed by atoms with Gasteiger partial charge in [-0.2, -0.15) is 0 Å². The minimum Gasteiger partial charge on any atom is -0.377 e. The fourth-order valence-electron chi connectivity index (χ4n) is 3.32. The van der Waals surface area contributed by atoms with Crippen LogP contribution < -0.4 is 10.6 Å². The molecule has 2 N–H and O–H groups in total. The zero-order valence-electron chi connectivity index (χ0n) is 17.2. The number of unbranched alkanes of at least 4 members (excludes halogenated alkanes) is 1. The summed E-state index contributed by atoms with van der Waals surface area (Å²) in [7, 11) is 1.73. The first kappa shape index (κ1) is 24.9. The molecule has 1 aliphatic rings. The summed E-state index contributed by atoms with van der Waals surface area (Å²) in [6.45, 7) is 17.2. The van der Waals surface area contributed by atoms with Crippen molar-refractivity contribution >= 4 is 29.9 Å². The molecule has 2 atom stereocenters. The van der Waals surface area contributed by atoms with Gasteiger partial charge < -0.3 is 20.3 Å². The Kier molecular flexibility index (Phi) is 13.1. The monoisotopic (exact) mass is 468 g/mol. The predicted octanol–water partition coefficient (Wildman–Crippen LogP) is 3.34. The molecule has 1 fully saturated rings. The van der Waals surface area contributed by atoms with E-state index in [4.69, 9.17) is 4.74 Å². The van der Waals surface area contributed by atoms with Crippen LogP contribution in [-0.2, 0) is 4.74 Å². The van der Waals surface area contributed by atoms with Crippen LogP contribution in [0.4, 0.5) is 0 Å². The van der Waals surface area contributed by atoms with Crippen LogP contribution in [0.1, 0.15) is 53.9 Å². The molecule has 2 unspecified atom stereocenters. The third-order valence-electron chi connectivity index (χ3n) is 4.65. The van der Waals surface area contributed by atoms with E-state index in [2.05, 4.69) is 55.1 Å². The second-order valence-corrected chi connectivity index (χ2v) is 8.00. The number of hydrogen-bond donors (Lipinski definition) is 2. The maximum absolute atomic E-state index is 5.43. The van der Waals surface area contributed by atoms with Crippen LogP contribution in [-0.4, -0.2) is 62.8 Å². The van der Waals surface area contributed by atoms with Crippen molar-refractivity contribution in [3.05, 3.63) is 0 Å². The normalized spacial score (nSPS) is 22.4. The van der Waals surface area contributed by atoms with Crippen LogP contribution in [0.25, 0.3) is 0 Å². The first-order chi connectivity index (χ1) is 11.4. The van der Waals surface area contributed by atoms with Crippen LogP contribution in [0, 0.1) is 11.8 Å². The molecule has 0 amide bonds. The zero-order valence-corrected chi connectivity index (χ0v) is 19.6. The maximum Gasteiger partial charge on any atom is 0.191 e. The Morgan fingerprint density at radius 1 is 1.16 bits per heavy atom. The van der Waals surface area contributed by atoms with Gasteiger partial charge in [0, 0.05) is 33.3 Å². The highest BCUT2D eigenvalue weighted by atomic mass is 127. The van der Waals surface area contributed by atoms with E-state index in [1.54, 1.807) is 7.11 Å². The standard InChI is InChI=1S/C19H40N4O.HI/c1-7-20-18(22-15-19(4,5)24-6)21-10-8-9-11-23-13-16(2)12-17(3)14-23;/h16-17H,7-15H2,1-6H3,(H2,20,21,22);1H. The van der Waals surface area contributed by atoms with Crippen molar-refractivity contribution in [1.29, 1.82) is 0 Å². The molecule has 0 bridgehead atoms. The van der Waals surface area contributed by atoms with Crippen LogP contribution in [0.15, 0.2) is 4.99 Å². The van der Waals surface area contributed by atoms with E-state index in [9.17, 15) is 0 Å². The van der Waals surface area contributed by atoms with Crippen molar-refractivity contribution in [3.8, 4) is 0 Å². The van der Waals surface area contributed by atoms with E-state index in [1.807, 2.05) is 0 Å². The van der Waals surface area contributed by atoms with Crippen LogP contribution in [0.5, 0.6) is 0 Å². The van der Waals surface area contributed by atoms with Gasteiger partial charge in [0.25, 0.3) is 0 Å². The minimum atomic E-state index is -0.218.